The molecule has 1 fully saturated rings. The first-order valence-electron chi connectivity index (χ1n) is 5.25. The van der Waals surface area contributed by atoms with Crippen LogP contribution in [0.3, 0.4) is 0 Å². The largest absolute Gasteiger partial charge is 0.302 e. The summed E-state index contributed by atoms with van der Waals surface area (Å²) in [4.78, 5) is 2.43. The summed E-state index contributed by atoms with van der Waals surface area (Å²) in [6.45, 7) is 9.94. The van der Waals surface area contributed by atoms with Crippen molar-refractivity contribution in [2.24, 2.45) is 17.8 Å². The molecule has 1 heterocycles. The molecule has 1 aliphatic heterocycles. The van der Waals surface area contributed by atoms with Crippen molar-refractivity contribution in [1.82, 2.24) is 4.90 Å². The van der Waals surface area contributed by atoms with E-state index in [1.165, 1.54) is 19.5 Å². The lowest BCUT2D eigenvalue weighted by Crippen LogP contribution is -2.26. The Morgan fingerprint density at radius 3 is 2.62 bits per heavy atom. The normalized spacial score (nSPS) is 26.2. The van der Waals surface area contributed by atoms with Crippen molar-refractivity contribution < 1.29 is 0 Å². The van der Waals surface area contributed by atoms with Crippen LogP contribution in [0.5, 0.6) is 0 Å². The van der Waals surface area contributed by atoms with Crippen LogP contribution in [0.1, 0.15) is 27.2 Å². The molecule has 2 atom stereocenters. The first-order valence-corrected chi connectivity index (χ1v) is 5.25. The molecule has 0 aromatic heterocycles. The highest BCUT2D eigenvalue weighted by Gasteiger charge is 2.25. The Morgan fingerprint density at radius 2 is 2.15 bits per heavy atom. The summed E-state index contributed by atoms with van der Waals surface area (Å²) in [5, 5.41) is 8.69. The second-order valence-electron chi connectivity index (χ2n) is 4.58. The topological polar surface area (TPSA) is 27.0 Å². The molecule has 0 spiro atoms. The number of hydrogen-bond acceptors (Lipinski definition) is 2. The van der Waals surface area contributed by atoms with Gasteiger partial charge in [-0.15, -0.1) is 0 Å². The third-order valence-corrected chi connectivity index (χ3v) is 3.00. The van der Waals surface area contributed by atoms with E-state index in [0.29, 0.717) is 0 Å². The molecule has 13 heavy (non-hydrogen) atoms. The maximum Gasteiger partial charge on any atom is 0.0666 e. The molecule has 1 rings (SSSR count). The van der Waals surface area contributed by atoms with Gasteiger partial charge in [0.2, 0.25) is 0 Å². The third kappa shape index (κ3) is 3.00. The first-order chi connectivity index (χ1) is 6.13. The Hall–Kier alpha value is -0.550. The maximum absolute atomic E-state index is 8.69. The molecule has 0 amide bonds. The van der Waals surface area contributed by atoms with Crippen LogP contribution in [0.2, 0.25) is 0 Å². The lowest BCUT2D eigenvalue weighted by atomic mass is 9.95. The van der Waals surface area contributed by atoms with Crippen LogP contribution in [-0.4, -0.2) is 24.5 Å². The maximum atomic E-state index is 8.69. The zero-order chi connectivity index (χ0) is 9.84. The molecular weight excluding hydrogens is 160 g/mol. The Morgan fingerprint density at radius 1 is 1.46 bits per heavy atom. The van der Waals surface area contributed by atoms with Crippen molar-refractivity contribution in [3.63, 3.8) is 0 Å². The Bertz CT molecular complexity index is 193. The second kappa shape index (κ2) is 4.62. The molecule has 0 N–H and O–H groups in total. The molecule has 1 saturated heterocycles. The fraction of sp³-hybridized carbons (Fsp3) is 0.909. The molecule has 1 aliphatic rings. The molecule has 2 nitrogen and oxygen atoms in total. The second-order valence-corrected chi connectivity index (χ2v) is 4.58. The van der Waals surface area contributed by atoms with E-state index in [9.17, 15) is 0 Å². The predicted octanol–water partition coefficient (Wildman–Crippen LogP) is 2.12. The summed E-state index contributed by atoms with van der Waals surface area (Å²) in [5.41, 5.74) is 0. The fourth-order valence-electron chi connectivity index (χ4n) is 2.00. The zero-order valence-electron chi connectivity index (χ0n) is 8.95. The minimum atomic E-state index is 0.186. The van der Waals surface area contributed by atoms with Crippen molar-refractivity contribution in [1.29, 1.82) is 5.26 Å². The quantitative estimate of drug-likeness (QED) is 0.665. The van der Waals surface area contributed by atoms with Gasteiger partial charge < -0.3 is 4.90 Å². The van der Waals surface area contributed by atoms with Crippen LogP contribution in [0.15, 0.2) is 0 Å². The monoisotopic (exact) mass is 180 g/mol. The van der Waals surface area contributed by atoms with Crippen LogP contribution in [-0.2, 0) is 0 Å². The van der Waals surface area contributed by atoms with E-state index < -0.39 is 0 Å². The van der Waals surface area contributed by atoms with Gasteiger partial charge in [-0.2, -0.15) is 5.26 Å². The molecule has 0 bridgehead atoms. The highest BCUT2D eigenvalue weighted by atomic mass is 15.1. The summed E-state index contributed by atoms with van der Waals surface area (Å²) in [6, 6.07) is 2.29. The molecular formula is C11H20N2. The van der Waals surface area contributed by atoms with E-state index in [0.717, 1.165) is 18.4 Å². The van der Waals surface area contributed by atoms with E-state index >= 15 is 0 Å². The summed E-state index contributed by atoms with van der Waals surface area (Å²) in [5.74, 6) is 1.83. The van der Waals surface area contributed by atoms with E-state index in [4.69, 9.17) is 5.26 Å². The molecule has 0 aliphatic carbocycles. The molecule has 0 aromatic rings. The van der Waals surface area contributed by atoms with E-state index in [1.54, 1.807) is 0 Å². The van der Waals surface area contributed by atoms with Gasteiger partial charge in [0.15, 0.2) is 0 Å². The SMILES string of the molecule is CC(C#N)CN1CCC(C(C)C)C1. The van der Waals surface area contributed by atoms with Crippen LogP contribution in [0.4, 0.5) is 0 Å². The van der Waals surface area contributed by atoms with E-state index in [2.05, 4.69) is 24.8 Å². The summed E-state index contributed by atoms with van der Waals surface area (Å²) >= 11 is 0. The van der Waals surface area contributed by atoms with Crippen molar-refractivity contribution in [3.8, 4) is 6.07 Å². The summed E-state index contributed by atoms with van der Waals surface area (Å²) < 4.78 is 0. The lowest BCUT2D eigenvalue weighted by Gasteiger charge is -2.18. The van der Waals surface area contributed by atoms with Gasteiger partial charge in [-0.25, -0.2) is 0 Å². The Balaban J connectivity index is 2.30. The van der Waals surface area contributed by atoms with Gasteiger partial charge in [0.1, 0.15) is 0 Å². The van der Waals surface area contributed by atoms with Gasteiger partial charge in [0.05, 0.1) is 12.0 Å². The van der Waals surface area contributed by atoms with Gasteiger partial charge in [-0.05, 0) is 31.7 Å². The summed E-state index contributed by atoms with van der Waals surface area (Å²) in [7, 11) is 0. The molecule has 74 valence electrons. The minimum absolute atomic E-state index is 0.186. The highest BCUT2D eigenvalue weighted by Crippen LogP contribution is 2.23. The Labute approximate surface area is 81.5 Å². The number of rotatable bonds is 3. The van der Waals surface area contributed by atoms with E-state index in [-0.39, 0.29) is 5.92 Å². The van der Waals surface area contributed by atoms with Gasteiger partial charge in [-0.1, -0.05) is 13.8 Å². The van der Waals surface area contributed by atoms with Gasteiger partial charge in [-0.3, -0.25) is 0 Å². The highest BCUT2D eigenvalue weighted by molar-refractivity contribution is 4.85. The average molecular weight is 180 g/mol. The van der Waals surface area contributed by atoms with Crippen molar-refractivity contribution >= 4 is 0 Å². The number of hydrogen-bond donors (Lipinski definition) is 0. The van der Waals surface area contributed by atoms with Crippen molar-refractivity contribution in [3.05, 3.63) is 0 Å². The van der Waals surface area contributed by atoms with Crippen molar-refractivity contribution in [2.75, 3.05) is 19.6 Å². The Kier molecular flexibility index (Phi) is 3.74. The molecule has 0 radical (unpaired) electrons. The van der Waals surface area contributed by atoms with Crippen LogP contribution in [0.25, 0.3) is 0 Å². The number of likely N-dealkylation sites (tertiary alicyclic amines) is 1. The average Bonchev–Trinajstić information content (AvgIpc) is 2.52. The summed E-state index contributed by atoms with van der Waals surface area (Å²) in [6.07, 6.45) is 1.32. The smallest absolute Gasteiger partial charge is 0.0666 e. The van der Waals surface area contributed by atoms with E-state index in [1.807, 2.05) is 6.92 Å². The van der Waals surface area contributed by atoms with Crippen molar-refractivity contribution in [2.45, 2.75) is 27.2 Å². The molecule has 2 unspecified atom stereocenters. The number of nitriles is 1. The predicted molar refractivity (Wildman–Crippen MR) is 54.2 cm³/mol. The third-order valence-electron chi connectivity index (χ3n) is 3.00. The fourth-order valence-corrected chi connectivity index (χ4v) is 2.00. The minimum Gasteiger partial charge on any atom is -0.302 e. The van der Waals surface area contributed by atoms with Crippen LogP contribution >= 0.6 is 0 Å². The van der Waals surface area contributed by atoms with Crippen LogP contribution < -0.4 is 0 Å². The molecule has 0 saturated carbocycles. The lowest BCUT2D eigenvalue weighted by molar-refractivity contribution is 0.285. The molecule has 2 heteroatoms. The van der Waals surface area contributed by atoms with Gasteiger partial charge >= 0.3 is 0 Å². The molecule has 0 aromatic carbocycles. The standard InChI is InChI=1S/C11H20N2/c1-9(2)11-4-5-13(8-11)7-10(3)6-12/h9-11H,4-5,7-8H2,1-3H3. The number of nitrogens with zero attached hydrogens (tertiary/aromatic N) is 2. The zero-order valence-corrected chi connectivity index (χ0v) is 8.95. The van der Waals surface area contributed by atoms with Crippen LogP contribution in [0, 0.1) is 29.1 Å². The van der Waals surface area contributed by atoms with Gasteiger partial charge in [0, 0.05) is 13.1 Å². The first kappa shape index (κ1) is 10.5. The van der Waals surface area contributed by atoms with Gasteiger partial charge in [0.25, 0.3) is 0 Å².